The van der Waals surface area contributed by atoms with Crippen molar-refractivity contribution in [3.63, 3.8) is 0 Å². The summed E-state index contributed by atoms with van der Waals surface area (Å²) in [6, 6.07) is 8.88. The third-order valence-corrected chi connectivity index (χ3v) is 2.92. The maximum atomic E-state index is 12.0. The van der Waals surface area contributed by atoms with Crippen molar-refractivity contribution in [2.45, 2.75) is 19.4 Å². The highest BCUT2D eigenvalue weighted by Gasteiger charge is 2.14. The number of aliphatic hydroxyl groups is 1. The van der Waals surface area contributed by atoms with Crippen LogP contribution in [0.2, 0.25) is 0 Å². The number of carbonyl (C=O) groups excluding carboxylic acids is 1. The Kier molecular flexibility index (Phi) is 4.30. The molecule has 0 aliphatic rings. The fraction of sp³-hybridized carbons (Fsp3) is 0.286. The van der Waals surface area contributed by atoms with Gasteiger partial charge in [0.1, 0.15) is 6.04 Å². The van der Waals surface area contributed by atoms with Crippen molar-refractivity contribution < 1.29 is 9.90 Å². The lowest BCUT2D eigenvalue weighted by molar-refractivity contribution is -0.119. The van der Waals surface area contributed by atoms with Crippen molar-refractivity contribution in [2.75, 3.05) is 11.9 Å². The number of nitrogens with zero attached hydrogens (tertiary/aromatic N) is 2. The lowest BCUT2D eigenvalue weighted by Gasteiger charge is -2.12. The molecule has 19 heavy (non-hydrogen) atoms. The largest absolute Gasteiger partial charge is 0.396 e. The predicted molar refractivity (Wildman–Crippen MR) is 72.8 cm³/mol. The van der Waals surface area contributed by atoms with E-state index in [1.165, 1.54) is 0 Å². The Morgan fingerprint density at radius 3 is 2.74 bits per heavy atom. The molecule has 2 aromatic rings. The normalized spacial score (nSPS) is 12.1. The molecule has 1 heterocycles. The first-order valence-electron chi connectivity index (χ1n) is 6.20. The van der Waals surface area contributed by atoms with E-state index in [2.05, 4.69) is 10.4 Å². The van der Waals surface area contributed by atoms with E-state index in [1.54, 1.807) is 30.1 Å². The second-order valence-electron chi connectivity index (χ2n) is 4.32. The maximum absolute atomic E-state index is 12.0. The number of rotatable bonds is 5. The van der Waals surface area contributed by atoms with Crippen LogP contribution in [0.15, 0.2) is 42.7 Å². The number of benzene rings is 1. The summed E-state index contributed by atoms with van der Waals surface area (Å²) in [6.45, 7) is 1.92. The molecule has 2 rings (SSSR count). The van der Waals surface area contributed by atoms with Gasteiger partial charge in [-0.1, -0.05) is 12.1 Å². The molecular formula is C14H17N3O2. The minimum Gasteiger partial charge on any atom is -0.396 e. The van der Waals surface area contributed by atoms with Crippen molar-refractivity contribution in [3.05, 3.63) is 48.3 Å². The number of anilines is 1. The third-order valence-electron chi connectivity index (χ3n) is 2.92. The molecule has 0 fully saturated rings. The van der Waals surface area contributed by atoms with Gasteiger partial charge < -0.3 is 10.4 Å². The SMILES string of the molecule is CC(C(=O)Nc1ccc(CCO)cc1)n1cccn1. The van der Waals surface area contributed by atoms with E-state index in [0.29, 0.717) is 6.42 Å². The fourth-order valence-electron chi connectivity index (χ4n) is 1.76. The van der Waals surface area contributed by atoms with Gasteiger partial charge in [0.05, 0.1) is 0 Å². The number of aliphatic hydroxyl groups excluding tert-OH is 1. The molecule has 0 bridgehead atoms. The van der Waals surface area contributed by atoms with E-state index in [1.807, 2.05) is 24.3 Å². The monoisotopic (exact) mass is 259 g/mol. The van der Waals surface area contributed by atoms with Gasteiger partial charge >= 0.3 is 0 Å². The average molecular weight is 259 g/mol. The summed E-state index contributed by atoms with van der Waals surface area (Å²) in [7, 11) is 0. The van der Waals surface area contributed by atoms with Gasteiger partial charge in [-0.2, -0.15) is 5.10 Å². The van der Waals surface area contributed by atoms with Gasteiger partial charge in [0.25, 0.3) is 0 Å². The highest BCUT2D eigenvalue weighted by Crippen LogP contribution is 2.13. The van der Waals surface area contributed by atoms with Gasteiger partial charge in [0, 0.05) is 24.7 Å². The van der Waals surface area contributed by atoms with Crippen LogP contribution in [-0.4, -0.2) is 27.4 Å². The molecule has 1 atom stereocenters. The highest BCUT2D eigenvalue weighted by molar-refractivity contribution is 5.93. The van der Waals surface area contributed by atoms with Gasteiger partial charge in [-0.3, -0.25) is 9.48 Å². The number of carbonyl (C=O) groups is 1. The molecular weight excluding hydrogens is 242 g/mol. The van der Waals surface area contributed by atoms with Gasteiger partial charge in [-0.05, 0) is 37.1 Å². The molecule has 5 nitrogen and oxygen atoms in total. The van der Waals surface area contributed by atoms with Crippen LogP contribution in [0.4, 0.5) is 5.69 Å². The standard InChI is InChI=1S/C14H17N3O2/c1-11(17-9-2-8-15-17)14(19)16-13-5-3-12(4-6-13)7-10-18/h2-6,8-9,11,18H,7,10H2,1H3,(H,16,19). The minimum atomic E-state index is -0.355. The van der Waals surface area contributed by atoms with Gasteiger partial charge in [0.2, 0.25) is 5.91 Å². The molecule has 1 aromatic carbocycles. The zero-order chi connectivity index (χ0) is 13.7. The molecule has 0 aliphatic heterocycles. The van der Waals surface area contributed by atoms with Crippen LogP contribution in [0.5, 0.6) is 0 Å². The zero-order valence-corrected chi connectivity index (χ0v) is 10.8. The Balaban J connectivity index is 1.98. The lowest BCUT2D eigenvalue weighted by Crippen LogP contribution is -2.23. The Bertz CT molecular complexity index is 520. The molecule has 0 spiro atoms. The van der Waals surface area contributed by atoms with Crippen molar-refractivity contribution in [2.24, 2.45) is 0 Å². The van der Waals surface area contributed by atoms with Crippen molar-refractivity contribution in [1.29, 1.82) is 0 Å². The van der Waals surface area contributed by atoms with Gasteiger partial charge in [0.15, 0.2) is 0 Å². The summed E-state index contributed by atoms with van der Waals surface area (Å²) in [5.74, 6) is -0.112. The van der Waals surface area contributed by atoms with Crippen molar-refractivity contribution in [1.82, 2.24) is 9.78 Å². The van der Waals surface area contributed by atoms with E-state index in [4.69, 9.17) is 5.11 Å². The van der Waals surface area contributed by atoms with Crippen LogP contribution in [-0.2, 0) is 11.2 Å². The maximum Gasteiger partial charge on any atom is 0.248 e. The number of nitrogens with one attached hydrogen (secondary N) is 1. The van der Waals surface area contributed by atoms with Crippen molar-refractivity contribution >= 4 is 11.6 Å². The molecule has 0 radical (unpaired) electrons. The highest BCUT2D eigenvalue weighted by atomic mass is 16.3. The molecule has 1 amide bonds. The summed E-state index contributed by atoms with van der Waals surface area (Å²) in [4.78, 5) is 12.0. The third kappa shape index (κ3) is 3.42. The topological polar surface area (TPSA) is 67.2 Å². The summed E-state index contributed by atoms with van der Waals surface area (Å²) < 4.78 is 1.61. The predicted octanol–water partition coefficient (Wildman–Crippen LogP) is 1.62. The first kappa shape index (κ1) is 13.3. The Labute approximate surface area is 111 Å². The van der Waals surface area contributed by atoms with Crippen LogP contribution >= 0.6 is 0 Å². The van der Waals surface area contributed by atoms with Crippen molar-refractivity contribution in [3.8, 4) is 0 Å². The van der Waals surface area contributed by atoms with Crippen LogP contribution < -0.4 is 5.32 Å². The second-order valence-corrected chi connectivity index (χ2v) is 4.32. The number of hydrogen-bond donors (Lipinski definition) is 2. The molecule has 0 saturated heterocycles. The lowest BCUT2D eigenvalue weighted by atomic mass is 10.1. The summed E-state index contributed by atoms with van der Waals surface area (Å²) >= 11 is 0. The Morgan fingerprint density at radius 1 is 1.42 bits per heavy atom. The molecule has 1 unspecified atom stereocenters. The fourth-order valence-corrected chi connectivity index (χ4v) is 1.76. The van der Waals surface area contributed by atoms with E-state index in [9.17, 15) is 4.79 Å². The average Bonchev–Trinajstić information content (AvgIpc) is 2.94. The first-order valence-corrected chi connectivity index (χ1v) is 6.20. The summed E-state index contributed by atoms with van der Waals surface area (Å²) in [5.41, 5.74) is 1.78. The van der Waals surface area contributed by atoms with E-state index < -0.39 is 0 Å². The number of amides is 1. The second kappa shape index (κ2) is 6.15. The molecule has 2 N–H and O–H groups in total. The summed E-state index contributed by atoms with van der Waals surface area (Å²) in [5, 5.41) is 15.7. The first-order chi connectivity index (χ1) is 9.20. The molecule has 100 valence electrons. The van der Waals surface area contributed by atoms with Crippen LogP contribution in [0, 0.1) is 0 Å². The van der Waals surface area contributed by atoms with Gasteiger partial charge in [-0.25, -0.2) is 0 Å². The molecule has 5 heteroatoms. The summed E-state index contributed by atoms with van der Waals surface area (Å²) in [6.07, 6.45) is 4.03. The van der Waals surface area contributed by atoms with E-state index in [0.717, 1.165) is 11.3 Å². The molecule has 0 aliphatic carbocycles. The molecule has 1 aromatic heterocycles. The van der Waals surface area contributed by atoms with E-state index in [-0.39, 0.29) is 18.6 Å². The zero-order valence-electron chi connectivity index (χ0n) is 10.8. The Morgan fingerprint density at radius 2 is 2.16 bits per heavy atom. The van der Waals surface area contributed by atoms with Crippen LogP contribution in [0.3, 0.4) is 0 Å². The number of hydrogen-bond acceptors (Lipinski definition) is 3. The van der Waals surface area contributed by atoms with Crippen LogP contribution in [0.25, 0.3) is 0 Å². The minimum absolute atomic E-state index is 0.112. The smallest absolute Gasteiger partial charge is 0.248 e. The quantitative estimate of drug-likeness (QED) is 0.857. The van der Waals surface area contributed by atoms with E-state index >= 15 is 0 Å². The molecule has 0 saturated carbocycles. The van der Waals surface area contributed by atoms with Crippen LogP contribution in [0.1, 0.15) is 18.5 Å². The van der Waals surface area contributed by atoms with Gasteiger partial charge in [-0.15, -0.1) is 0 Å². The Hall–Kier alpha value is -2.14. The number of aromatic nitrogens is 2.